The van der Waals surface area contributed by atoms with Crippen LogP contribution in [0.5, 0.6) is 0 Å². The number of amides is 1. The second-order valence-electron chi connectivity index (χ2n) is 6.66. The summed E-state index contributed by atoms with van der Waals surface area (Å²) >= 11 is 0. The lowest BCUT2D eigenvalue weighted by Crippen LogP contribution is -2.32. The summed E-state index contributed by atoms with van der Waals surface area (Å²) in [6.07, 6.45) is 1.19. The van der Waals surface area contributed by atoms with E-state index in [1.165, 1.54) is 6.26 Å². The molecule has 0 saturated carbocycles. The molecule has 1 aliphatic heterocycles. The molecule has 0 radical (unpaired) electrons. The third-order valence-corrected chi connectivity index (χ3v) is 5.34. The van der Waals surface area contributed by atoms with Gasteiger partial charge in [0.1, 0.15) is 0 Å². The second-order valence-corrected chi connectivity index (χ2v) is 8.80. The number of hydrogen-bond donors (Lipinski definition) is 1. The van der Waals surface area contributed by atoms with Crippen molar-refractivity contribution in [3.63, 3.8) is 0 Å². The fourth-order valence-corrected chi connectivity index (χ4v) is 4.11. The smallest absolute Gasteiger partial charge is 0.253 e. The molecule has 2 atom stereocenters. The lowest BCUT2D eigenvalue weighted by Gasteiger charge is -2.17. The number of rotatable bonds is 4. The van der Waals surface area contributed by atoms with E-state index in [-0.39, 0.29) is 36.0 Å². The summed E-state index contributed by atoms with van der Waals surface area (Å²) in [6.45, 7) is 1.06. The van der Waals surface area contributed by atoms with Gasteiger partial charge in [-0.15, -0.1) is 12.4 Å². The van der Waals surface area contributed by atoms with Crippen LogP contribution in [0, 0.1) is 0 Å². The first kappa shape index (κ1) is 20.4. The second kappa shape index (κ2) is 8.20. The maximum Gasteiger partial charge on any atom is 0.253 e. The molecule has 1 heterocycles. The van der Waals surface area contributed by atoms with Crippen molar-refractivity contribution in [3.8, 4) is 0 Å². The average molecular weight is 395 g/mol. The Kier molecular flexibility index (Phi) is 6.44. The monoisotopic (exact) mass is 394 g/mol. The molecule has 5 nitrogen and oxygen atoms in total. The first-order valence-electron chi connectivity index (χ1n) is 8.20. The van der Waals surface area contributed by atoms with Gasteiger partial charge in [-0.25, -0.2) is 8.42 Å². The van der Waals surface area contributed by atoms with Crippen LogP contribution in [0.1, 0.15) is 27.4 Å². The molecule has 3 rings (SSSR count). The highest BCUT2D eigenvalue weighted by Crippen LogP contribution is 2.27. The van der Waals surface area contributed by atoms with E-state index in [4.69, 9.17) is 5.73 Å². The third kappa shape index (κ3) is 4.84. The van der Waals surface area contributed by atoms with E-state index < -0.39 is 9.84 Å². The minimum Gasteiger partial charge on any atom is -0.336 e. The Labute approximate surface area is 160 Å². The Bertz CT molecular complexity index is 871. The Morgan fingerprint density at radius 2 is 1.81 bits per heavy atom. The number of hydrogen-bond acceptors (Lipinski definition) is 4. The number of sulfone groups is 1. The fraction of sp³-hybridized carbons (Fsp3) is 0.316. The predicted molar refractivity (Wildman–Crippen MR) is 105 cm³/mol. The molecule has 1 aliphatic rings. The quantitative estimate of drug-likeness (QED) is 0.862. The van der Waals surface area contributed by atoms with Crippen molar-refractivity contribution in [3.05, 3.63) is 71.3 Å². The van der Waals surface area contributed by atoms with Crippen LogP contribution in [0.2, 0.25) is 0 Å². The van der Waals surface area contributed by atoms with E-state index in [0.717, 1.165) is 5.56 Å². The Balaban J connectivity index is 0.00000243. The van der Waals surface area contributed by atoms with Crippen molar-refractivity contribution in [2.45, 2.75) is 17.7 Å². The van der Waals surface area contributed by atoms with Crippen molar-refractivity contribution < 1.29 is 13.2 Å². The maximum absolute atomic E-state index is 12.8. The number of benzene rings is 2. The fourth-order valence-electron chi connectivity index (χ4n) is 3.33. The van der Waals surface area contributed by atoms with Crippen LogP contribution in [0.25, 0.3) is 0 Å². The molecular weight excluding hydrogens is 372 g/mol. The highest BCUT2D eigenvalue weighted by Gasteiger charge is 2.34. The van der Waals surface area contributed by atoms with Crippen molar-refractivity contribution in [2.24, 2.45) is 5.73 Å². The molecule has 0 unspecified atom stereocenters. The normalized spacial score (nSPS) is 19.8. The summed E-state index contributed by atoms with van der Waals surface area (Å²) in [7, 11) is -3.14. The molecular formula is C19H23ClN2O3S. The standard InChI is InChI=1S/C19H22N2O3S.ClH/c1-25(23,24)13-14-6-5-9-16(10-14)19(22)21-11-17(18(20)12-21)15-7-3-2-4-8-15;/h2-10,17-18H,11-13,20H2,1H3;1H/t17-,18+;/m0./s1. The molecule has 2 aromatic carbocycles. The van der Waals surface area contributed by atoms with Gasteiger partial charge in [0.15, 0.2) is 9.84 Å². The van der Waals surface area contributed by atoms with Crippen LogP contribution >= 0.6 is 12.4 Å². The third-order valence-electron chi connectivity index (χ3n) is 4.48. The molecule has 2 N–H and O–H groups in total. The summed E-state index contributed by atoms with van der Waals surface area (Å²) < 4.78 is 22.9. The number of halogens is 1. The molecule has 26 heavy (non-hydrogen) atoms. The Morgan fingerprint density at radius 3 is 2.46 bits per heavy atom. The molecule has 140 valence electrons. The van der Waals surface area contributed by atoms with E-state index in [0.29, 0.717) is 24.2 Å². The SMILES string of the molecule is CS(=O)(=O)Cc1cccc(C(=O)N2C[C@@H](N)[C@H](c3ccccc3)C2)c1.Cl. The van der Waals surface area contributed by atoms with Crippen molar-refractivity contribution >= 4 is 28.2 Å². The van der Waals surface area contributed by atoms with Crippen molar-refractivity contribution in [2.75, 3.05) is 19.3 Å². The lowest BCUT2D eigenvalue weighted by atomic mass is 9.95. The van der Waals surface area contributed by atoms with E-state index in [1.54, 1.807) is 29.2 Å². The molecule has 0 bridgehead atoms. The van der Waals surface area contributed by atoms with Crippen LogP contribution in [0.4, 0.5) is 0 Å². The van der Waals surface area contributed by atoms with Gasteiger partial charge in [-0.1, -0.05) is 42.5 Å². The maximum atomic E-state index is 12.8. The van der Waals surface area contributed by atoms with Crippen molar-refractivity contribution in [1.82, 2.24) is 4.90 Å². The molecule has 1 saturated heterocycles. The molecule has 0 aliphatic carbocycles. The van der Waals surface area contributed by atoms with Crippen LogP contribution in [0.15, 0.2) is 54.6 Å². The first-order chi connectivity index (χ1) is 11.8. The molecule has 1 amide bonds. The number of nitrogens with two attached hydrogens (primary N) is 1. The predicted octanol–water partition coefficient (Wildman–Crippen LogP) is 2.22. The number of carbonyl (C=O) groups excluding carboxylic acids is 1. The Hall–Kier alpha value is -1.89. The van der Waals surface area contributed by atoms with Gasteiger partial charge < -0.3 is 10.6 Å². The largest absolute Gasteiger partial charge is 0.336 e. The minimum absolute atomic E-state index is 0. The molecule has 7 heteroatoms. The molecule has 2 aromatic rings. The van der Waals surface area contributed by atoms with Gasteiger partial charge in [0.2, 0.25) is 0 Å². The summed E-state index contributed by atoms with van der Waals surface area (Å²) in [4.78, 5) is 14.6. The zero-order valence-corrected chi connectivity index (χ0v) is 16.2. The van der Waals surface area contributed by atoms with Gasteiger partial charge in [0, 0.05) is 36.9 Å². The zero-order chi connectivity index (χ0) is 18.0. The van der Waals surface area contributed by atoms with Crippen LogP contribution in [-0.2, 0) is 15.6 Å². The van der Waals surface area contributed by atoms with Gasteiger partial charge in [-0.3, -0.25) is 4.79 Å². The molecule has 0 aromatic heterocycles. The number of likely N-dealkylation sites (tertiary alicyclic amines) is 1. The van der Waals surface area contributed by atoms with E-state index in [1.807, 2.05) is 30.3 Å². The Morgan fingerprint density at radius 1 is 1.12 bits per heavy atom. The van der Waals surface area contributed by atoms with Crippen LogP contribution in [0.3, 0.4) is 0 Å². The lowest BCUT2D eigenvalue weighted by molar-refractivity contribution is 0.0789. The van der Waals surface area contributed by atoms with Gasteiger partial charge >= 0.3 is 0 Å². The van der Waals surface area contributed by atoms with Gasteiger partial charge in [-0.2, -0.15) is 0 Å². The van der Waals surface area contributed by atoms with Gasteiger partial charge in [0.05, 0.1) is 5.75 Å². The number of carbonyl (C=O) groups is 1. The summed E-state index contributed by atoms with van der Waals surface area (Å²) in [6, 6.07) is 16.7. The first-order valence-corrected chi connectivity index (χ1v) is 10.3. The van der Waals surface area contributed by atoms with Crippen LogP contribution in [-0.4, -0.2) is 44.6 Å². The van der Waals surface area contributed by atoms with Gasteiger partial charge in [0.25, 0.3) is 5.91 Å². The number of nitrogens with zero attached hydrogens (tertiary/aromatic N) is 1. The zero-order valence-electron chi connectivity index (χ0n) is 14.5. The molecule has 1 fully saturated rings. The molecule has 0 spiro atoms. The van der Waals surface area contributed by atoms with E-state index in [2.05, 4.69) is 0 Å². The van der Waals surface area contributed by atoms with E-state index >= 15 is 0 Å². The van der Waals surface area contributed by atoms with Crippen LogP contribution < -0.4 is 5.73 Å². The topological polar surface area (TPSA) is 80.5 Å². The van der Waals surface area contributed by atoms with Gasteiger partial charge in [-0.05, 0) is 23.3 Å². The summed E-state index contributed by atoms with van der Waals surface area (Å²) in [5, 5.41) is 0. The minimum atomic E-state index is -3.14. The summed E-state index contributed by atoms with van der Waals surface area (Å²) in [5.41, 5.74) is 8.52. The van der Waals surface area contributed by atoms with E-state index in [9.17, 15) is 13.2 Å². The highest BCUT2D eigenvalue weighted by molar-refractivity contribution is 7.89. The van der Waals surface area contributed by atoms with Crippen molar-refractivity contribution in [1.29, 1.82) is 0 Å². The highest BCUT2D eigenvalue weighted by atomic mass is 35.5. The average Bonchev–Trinajstić information content (AvgIpc) is 2.95. The summed E-state index contributed by atoms with van der Waals surface area (Å²) in [5.74, 6) is -0.0612.